The summed E-state index contributed by atoms with van der Waals surface area (Å²) >= 11 is 0. The molecule has 4 rings (SSSR count). The number of ether oxygens (including phenoxy) is 3. The number of carbonyl (C=O) groups is 1. The van der Waals surface area contributed by atoms with E-state index in [1.54, 1.807) is 13.2 Å². The van der Waals surface area contributed by atoms with Crippen LogP contribution in [-0.2, 0) is 16.0 Å². The molecule has 0 bridgehead atoms. The summed E-state index contributed by atoms with van der Waals surface area (Å²) in [4.78, 5) is 11.2. The molecule has 166 valence electrons. The molecule has 0 radical (unpaired) electrons. The van der Waals surface area contributed by atoms with Crippen molar-refractivity contribution in [1.82, 2.24) is 0 Å². The number of fused-ring (bicyclic) bond motifs is 1. The zero-order valence-electron chi connectivity index (χ0n) is 18.1. The fourth-order valence-electron chi connectivity index (χ4n) is 4.40. The Morgan fingerprint density at radius 2 is 2.06 bits per heavy atom. The standard InChI is InChI=1S/C24H29NO6/c1-24(2)12-17(26)11-21(31-24)15-5-7-19(29-3)16(10-15)8-14-4-6-20-18(9-14)25-13-22(30-20)23(27)28/h4-7,9-10,17,21-22,25-26H,8,11-13H2,1-3H3,(H,27,28)/t17-,21-,22?/m1/s1. The average molecular weight is 427 g/mol. The van der Waals surface area contributed by atoms with Crippen LogP contribution in [0.4, 0.5) is 5.69 Å². The van der Waals surface area contributed by atoms with Gasteiger partial charge in [-0.3, -0.25) is 0 Å². The van der Waals surface area contributed by atoms with Gasteiger partial charge in [0.1, 0.15) is 11.5 Å². The van der Waals surface area contributed by atoms with E-state index in [0.717, 1.165) is 28.1 Å². The largest absolute Gasteiger partial charge is 0.496 e. The molecule has 0 spiro atoms. The summed E-state index contributed by atoms with van der Waals surface area (Å²) in [5.74, 6) is 0.337. The molecule has 1 saturated heterocycles. The van der Waals surface area contributed by atoms with Crippen LogP contribution in [0, 0.1) is 0 Å². The summed E-state index contributed by atoms with van der Waals surface area (Å²) in [6.45, 7) is 4.23. The number of rotatable bonds is 5. The van der Waals surface area contributed by atoms with E-state index in [9.17, 15) is 9.90 Å². The molecular weight excluding hydrogens is 398 g/mol. The first-order chi connectivity index (χ1) is 14.7. The maximum absolute atomic E-state index is 11.2. The van der Waals surface area contributed by atoms with Crippen molar-refractivity contribution in [2.24, 2.45) is 0 Å². The number of aliphatic carboxylic acids is 1. The van der Waals surface area contributed by atoms with Crippen molar-refractivity contribution >= 4 is 11.7 Å². The summed E-state index contributed by atoms with van der Waals surface area (Å²) in [6.07, 6.45) is 0.382. The molecular formula is C24H29NO6. The van der Waals surface area contributed by atoms with Gasteiger partial charge >= 0.3 is 5.97 Å². The van der Waals surface area contributed by atoms with Gasteiger partial charge in [0.25, 0.3) is 0 Å². The highest BCUT2D eigenvalue weighted by Gasteiger charge is 2.34. The quantitative estimate of drug-likeness (QED) is 0.672. The average Bonchev–Trinajstić information content (AvgIpc) is 2.71. The molecule has 7 nitrogen and oxygen atoms in total. The van der Waals surface area contributed by atoms with Crippen LogP contribution in [0.3, 0.4) is 0 Å². The number of benzene rings is 2. The van der Waals surface area contributed by atoms with E-state index in [1.165, 1.54) is 0 Å². The lowest BCUT2D eigenvalue weighted by atomic mass is 9.89. The zero-order chi connectivity index (χ0) is 22.2. The van der Waals surface area contributed by atoms with Gasteiger partial charge in [0.15, 0.2) is 0 Å². The normalized spacial score (nSPS) is 24.5. The van der Waals surface area contributed by atoms with Gasteiger partial charge in [-0.05, 0) is 54.8 Å². The Hall–Kier alpha value is -2.77. The fraction of sp³-hybridized carbons (Fsp3) is 0.458. The maximum Gasteiger partial charge on any atom is 0.346 e. The molecule has 2 aliphatic heterocycles. The van der Waals surface area contributed by atoms with Gasteiger partial charge in [-0.15, -0.1) is 0 Å². The van der Waals surface area contributed by atoms with Gasteiger partial charge in [-0.1, -0.05) is 12.1 Å². The van der Waals surface area contributed by atoms with Crippen LogP contribution < -0.4 is 14.8 Å². The highest BCUT2D eigenvalue weighted by molar-refractivity contribution is 5.76. The minimum Gasteiger partial charge on any atom is -0.496 e. The predicted molar refractivity (Wildman–Crippen MR) is 116 cm³/mol. The molecule has 3 N–H and O–H groups in total. The van der Waals surface area contributed by atoms with Crippen molar-refractivity contribution in [3.05, 3.63) is 53.1 Å². The van der Waals surface area contributed by atoms with Crippen molar-refractivity contribution in [2.45, 2.75) is 57.0 Å². The predicted octanol–water partition coefficient (Wildman–Crippen LogP) is 3.53. The van der Waals surface area contributed by atoms with Crippen LogP contribution in [0.2, 0.25) is 0 Å². The molecule has 1 fully saturated rings. The van der Waals surface area contributed by atoms with Crippen molar-refractivity contribution in [3.8, 4) is 11.5 Å². The molecule has 2 aromatic rings. The SMILES string of the molecule is COc1ccc([C@H]2C[C@@H](O)CC(C)(C)O2)cc1Cc1ccc2c(c1)NCC(C(=O)O)O2. The number of nitrogens with one attached hydrogen (secondary N) is 1. The minimum atomic E-state index is -0.984. The number of aliphatic hydroxyl groups excluding tert-OH is 1. The lowest BCUT2D eigenvalue weighted by Gasteiger charge is -2.39. The molecule has 0 aromatic heterocycles. The Morgan fingerprint density at radius 3 is 2.77 bits per heavy atom. The number of anilines is 1. The first kappa shape index (κ1) is 21.5. The fourth-order valence-corrected chi connectivity index (χ4v) is 4.40. The molecule has 2 aliphatic rings. The summed E-state index contributed by atoms with van der Waals surface area (Å²) < 4.78 is 17.4. The number of hydrogen-bond acceptors (Lipinski definition) is 6. The third kappa shape index (κ3) is 4.78. The maximum atomic E-state index is 11.2. The minimum absolute atomic E-state index is 0.171. The second kappa shape index (κ2) is 8.40. The summed E-state index contributed by atoms with van der Waals surface area (Å²) in [7, 11) is 1.65. The van der Waals surface area contributed by atoms with E-state index >= 15 is 0 Å². The van der Waals surface area contributed by atoms with Crippen LogP contribution in [-0.4, -0.2) is 47.6 Å². The topological polar surface area (TPSA) is 97.2 Å². The molecule has 3 atom stereocenters. The zero-order valence-corrected chi connectivity index (χ0v) is 18.1. The van der Waals surface area contributed by atoms with Gasteiger partial charge in [0.05, 0.1) is 37.2 Å². The summed E-state index contributed by atoms with van der Waals surface area (Å²) in [5.41, 5.74) is 3.49. The summed E-state index contributed by atoms with van der Waals surface area (Å²) in [6, 6.07) is 11.7. The molecule has 2 heterocycles. The molecule has 2 aromatic carbocycles. The van der Waals surface area contributed by atoms with Gasteiger partial charge < -0.3 is 29.7 Å². The van der Waals surface area contributed by atoms with E-state index in [1.807, 2.05) is 38.1 Å². The van der Waals surface area contributed by atoms with Crippen LogP contribution in [0.15, 0.2) is 36.4 Å². The number of carboxylic acid groups (broad SMARTS) is 1. The van der Waals surface area contributed by atoms with E-state index < -0.39 is 12.1 Å². The molecule has 0 saturated carbocycles. The highest BCUT2D eigenvalue weighted by atomic mass is 16.5. The lowest BCUT2D eigenvalue weighted by molar-refractivity contribution is -0.146. The van der Waals surface area contributed by atoms with Crippen molar-refractivity contribution in [3.63, 3.8) is 0 Å². The molecule has 7 heteroatoms. The van der Waals surface area contributed by atoms with Crippen molar-refractivity contribution < 1.29 is 29.2 Å². The van der Waals surface area contributed by atoms with Crippen LogP contribution >= 0.6 is 0 Å². The van der Waals surface area contributed by atoms with E-state index in [0.29, 0.717) is 25.0 Å². The van der Waals surface area contributed by atoms with Crippen molar-refractivity contribution in [2.75, 3.05) is 19.0 Å². The van der Waals surface area contributed by atoms with Gasteiger partial charge in [-0.25, -0.2) is 4.79 Å². The smallest absolute Gasteiger partial charge is 0.346 e. The number of carboxylic acids is 1. The van der Waals surface area contributed by atoms with E-state index in [2.05, 4.69) is 11.4 Å². The Kier molecular flexibility index (Phi) is 5.81. The highest BCUT2D eigenvalue weighted by Crippen LogP contribution is 2.39. The second-order valence-corrected chi connectivity index (χ2v) is 8.86. The second-order valence-electron chi connectivity index (χ2n) is 8.86. The molecule has 1 unspecified atom stereocenters. The third-order valence-electron chi connectivity index (χ3n) is 5.81. The Morgan fingerprint density at radius 1 is 1.26 bits per heavy atom. The van der Waals surface area contributed by atoms with E-state index in [4.69, 9.17) is 19.3 Å². The van der Waals surface area contributed by atoms with Crippen LogP contribution in [0.25, 0.3) is 0 Å². The monoisotopic (exact) mass is 427 g/mol. The Bertz CT molecular complexity index is 973. The van der Waals surface area contributed by atoms with Gasteiger partial charge in [0, 0.05) is 19.3 Å². The van der Waals surface area contributed by atoms with E-state index in [-0.39, 0.29) is 24.4 Å². The number of hydrogen-bond donors (Lipinski definition) is 3. The number of methoxy groups -OCH3 is 1. The Labute approximate surface area is 181 Å². The van der Waals surface area contributed by atoms with Crippen molar-refractivity contribution in [1.29, 1.82) is 0 Å². The van der Waals surface area contributed by atoms with Crippen LogP contribution in [0.5, 0.6) is 11.5 Å². The third-order valence-corrected chi connectivity index (χ3v) is 5.81. The van der Waals surface area contributed by atoms with Gasteiger partial charge in [-0.2, -0.15) is 0 Å². The molecule has 0 amide bonds. The molecule has 0 aliphatic carbocycles. The first-order valence-corrected chi connectivity index (χ1v) is 10.5. The Balaban J connectivity index is 1.57. The lowest BCUT2D eigenvalue weighted by Crippen LogP contribution is -2.38. The van der Waals surface area contributed by atoms with Crippen LogP contribution in [0.1, 0.15) is 49.5 Å². The molecule has 31 heavy (non-hydrogen) atoms. The number of aliphatic hydroxyl groups is 1. The van der Waals surface area contributed by atoms with Gasteiger partial charge in [0.2, 0.25) is 6.10 Å². The summed E-state index contributed by atoms with van der Waals surface area (Å²) in [5, 5.41) is 22.6. The first-order valence-electron chi connectivity index (χ1n) is 10.5.